The van der Waals surface area contributed by atoms with Crippen LogP contribution in [0.1, 0.15) is 24.5 Å². The second-order valence-electron chi connectivity index (χ2n) is 4.37. The van der Waals surface area contributed by atoms with Crippen molar-refractivity contribution in [2.45, 2.75) is 18.8 Å². The number of anilines is 1. The fraction of sp³-hybridized carbons (Fsp3) is 0.364. The van der Waals surface area contributed by atoms with Gasteiger partial charge < -0.3 is 10.3 Å². The standard InChI is InChI=1S/C11H11BrClN5/c1-18-6(13)4-15-11(18)10-16-8(5-2-3-5)7(12)9(14)17-10/h4-5H,2-3H2,1H3,(H2,14,16,17). The van der Waals surface area contributed by atoms with Gasteiger partial charge in [0.15, 0.2) is 11.6 Å². The van der Waals surface area contributed by atoms with Crippen LogP contribution >= 0.6 is 27.5 Å². The molecule has 1 saturated carbocycles. The largest absolute Gasteiger partial charge is 0.383 e. The van der Waals surface area contributed by atoms with E-state index in [1.165, 1.54) is 0 Å². The number of aromatic nitrogens is 4. The van der Waals surface area contributed by atoms with Gasteiger partial charge in [-0.1, -0.05) is 11.6 Å². The van der Waals surface area contributed by atoms with Crippen molar-refractivity contribution in [1.29, 1.82) is 0 Å². The molecule has 1 fully saturated rings. The van der Waals surface area contributed by atoms with Crippen LogP contribution in [0.15, 0.2) is 10.7 Å². The monoisotopic (exact) mass is 327 g/mol. The Morgan fingerprint density at radius 2 is 2.17 bits per heavy atom. The Morgan fingerprint density at radius 1 is 1.44 bits per heavy atom. The summed E-state index contributed by atoms with van der Waals surface area (Å²) in [6.45, 7) is 0. The Bertz CT molecular complexity index is 620. The third kappa shape index (κ3) is 1.89. The van der Waals surface area contributed by atoms with Crippen molar-refractivity contribution >= 4 is 33.3 Å². The molecule has 0 spiro atoms. The molecule has 2 aromatic rings. The molecule has 0 unspecified atom stereocenters. The molecule has 18 heavy (non-hydrogen) atoms. The average molecular weight is 329 g/mol. The quantitative estimate of drug-likeness (QED) is 0.920. The van der Waals surface area contributed by atoms with Crippen LogP contribution in [0, 0.1) is 0 Å². The van der Waals surface area contributed by atoms with E-state index < -0.39 is 0 Å². The van der Waals surface area contributed by atoms with Gasteiger partial charge in [0.2, 0.25) is 0 Å². The van der Waals surface area contributed by atoms with Gasteiger partial charge in [-0.2, -0.15) is 0 Å². The maximum atomic E-state index is 5.97. The van der Waals surface area contributed by atoms with Crippen molar-refractivity contribution in [2.24, 2.45) is 7.05 Å². The van der Waals surface area contributed by atoms with E-state index in [1.807, 2.05) is 7.05 Å². The minimum Gasteiger partial charge on any atom is -0.383 e. The topological polar surface area (TPSA) is 69.6 Å². The van der Waals surface area contributed by atoms with Crippen molar-refractivity contribution < 1.29 is 0 Å². The highest BCUT2D eigenvalue weighted by molar-refractivity contribution is 9.10. The highest BCUT2D eigenvalue weighted by Gasteiger charge is 2.29. The summed E-state index contributed by atoms with van der Waals surface area (Å²) < 4.78 is 2.54. The van der Waals surface area contributed by atoms with Crippen molar-refractivity contribution in [3.05, 3.63) is 21.5 Å². The maximum Gasteiger partial charge on any atom is 0.198 e. The van der Waals surface area contributed by atoms with E-state index >= 15 is 0 Å². The first kappa shape index (κ1) is 11.9. The molecule has 0 aliphatic heterocycles. The summed E-state index contributed by atoms with van der Waals surface area (Å²) in [7, 11) is 1.82. The molecule has 5 nitrogen and oxygen atoms in total. The Hall–Kier alpha value is -1.14. The first-order chi connectivity index (χ1) is 8.58. The van der Waals surface area contributed by atoms with E-state index in [-0.39, 0.29) is 0 Å². The summed E-state index contributed by atoms with van der Waals surface area (Å²) in [5.41, 5.74) is 6.88. The molecule has 0 radical (unpaired) electrons. The van der Waals surface area contributed by atoms with E-state index in [9.17, 15) is 0 Å². The van der Waals surface area contributed by atoms with Gasteiger partial charge >= 0.3 is 0 Å². The molecule has 0 amide bonds. The summed E-state index contributed by atoms with van der Waals surface area (Å²) in [5, 5.41) is 0.545. The van der Waals surface area contributed by atoms with Gasteiger partial charge in [-0.15, -0.1) is 0 Å². The van der Waals surface area contributed by atoms with Crippen LogP contribution in [-0.4, -0.2) is 19.5 Å². The molecule has 2 N–H and O–H groups in total. The minimum atomic E-state index is 0.445. The van der Waals surface area contributed by atoms with Gasteiger partial charge in [0.1, 0.15) is 11.0 Å². The summed E-state index contributed by atoms with van der Waals surface area (Å²) >= 11 is 9.42. The van der Waals surface area contributed by atoms with Crippen LogP contribution in [-0.2, 0) is 7.05 Å². The van der Waals surface area contributed by atoms with Crippen LogP contribution < -0.4 is 5.73 Å². The zero-order valence-corrected chi connectivity index (χ0v) is 12.0. The molecule has 0 bridgehead atoms. The van der Waals surface area contributed by atoms with Crippen molar-refractivity contribution in [2.75, 3.05) is 5.73 Å². The lowest BCUT2D eigenvalue weighted by Crippen LogP contribution is -2.05. The van der Waals surface area contributed by atoms with Gasteiger partial charge in [0, 0.05) is 13.0 Å². The van der Waals surface area contributed by atoms with E-state index in [2.05, 4.69) is 30.9 Å². The SMILES string of the molecule is Cn1c(Cl)cnc1-c1nc(N)c(Br)c(C2CC2)n1. The van der Waals surface area contributed by atoms with Crippen LogP contribution in [0.4, 0.5) is 5.82 Å². The van der Waals surface area contributed by atoms with E-state index in [4.69, 9.17) is 17.3 Å². The predicted octanol–water partition coefficient (Wildman–Crippen LogP) is 2.75. The number of nitrogens with zero attached hydrogens (tertiary/aromatic N) is 4. The lowest BCUT2D eigenvalue weighted by atomic mass is 10.2. The minimum absolute atomic E-state index is 0.445. The fourth-order valence-corrected chi connectivity index (χ4v) is 2.44. The Morgan fingerprint density at radius 3 is 2.72 bits per heavy atom. The zero-order chi connectivity index (χ0) is 12.9. The van der Waals surface area contributed by atoms with Gasteiger partial charge in [0.25, 0.3) is 0 Å². The van der Waals surface area contributed by atoms with E-state index in [0.717, 1.165) is 23.0 Å². The molecule has 0 saturated heterocycles. The first-order valence-electron chi connectivity index (χ1n) is 5.58. The number of nitrogens with two attached hydrogens (primary N) is 1. The molecule has 7 heteroatoms. The lowest BCUT2D eigenvalue weighted by molar-refractivity contribution is 0.893. The summed E-state index contributed by atoms with van der Waals surface area (Å²) in [6, 6.07) is 0. The van der Waals surface area contributed by atoms with Gasteiger partial charge in [0.05, 0.1) is 16.4 Å². The molecular weight excluding hydrogens is 318 g/mol. The van der Waals surface area contributed by atoms with Crippen LogP contribution in [0.25, 0.3) is 11.6 Å². The third-order valence-corrected chi connectivity index (χ3v) is 4.16. The highest BCUT2D eigenvalue weighted by atomic mass is 79.9. The van der Waals surface area contributed by atoms with Crippen LogP contribution in [0.3, 0.4) is 0 Å². The fourth-order valence-electron chi connectivity index (χ4n) is 1.81. The highest BCUT2D eigenvalue weighted by Crippen LogP contribution is 2.43. The van der Waals surface area contributed by atoms with E-state index in [0.29, 0.717) is 28.5 Å². The zero-order valence-electron chi connectivity index (χ0n) is 9.69. The van der Waals surface area contributed by atoms with Crippen LogP contribution in [0.5, 0.6) is 0 Å². The molecular formula is C11H11BrClN5. The molecule has 2 heterocycles. The van der Waals surface area contributed by atoms with Crippen LogP contribution in [0.2, 0.25) is 5.15 Å². The molecule has 1 aliphatic carbocycles. The maximum absolute atomic E-state index is 5.97. The Balaban J connectivity index is 2.15. The molecule has 2 aromatic heterocycles. The molecule has 0 atom stereocenters. The van der Waals surface area contributed by atoms with Gasteiger partial charge in [-0.25, -0.2) is 15.0 Å². The third-order valence-electron chi connectivity index (χ3n) is 3.00. The Labute approximate surface area is 118 Å². The smallest absolute Gasteiger partial charge is 0.198 e. The summed E-state index contributed by atoms with van der Waals surface area (Å²) in [4.78, 5) is 13.0. The number of halogens is 2. The number of hydrogen-bond acceptors (Lipinski definition) is 4. The number of imidazole rings is 1. The number of nitrogen functional groups attached to an aromatic ring is 1. The second kappa shape index (κ2) is 4.20. The molecule has 3 rings (SSSR count). The predicted molar refractivity (Wildman–Crippen MR) is 73.3 cm³/mol. The molecule has 0 aromatic carbocycles. The first-order valence-corrected chi connectivity index (χ1v) is 6.75. The second-order valence-corrected chi connectivity index (χ2v) is 5.55. The Kier molecular flexibility index (Phi) is 2.79. The summed E-state index contributed by atoms with van der Waals surface area (Å²) in [6.07, 6.45) is 3.88. The summed E-state index contributed by atoms with van der Waals surface area (Å²) in [5.74, 6) is 2.08. The van der Waals surface area contributed by atoms with Crippen molar-refractivity contribution in [1.82, 2.24) is 19.5 Å². The average Bonchev–Trinajstić information content (AvgIpc) is 3.12. The molecule has 94 valence electrons. The molecule has 1 aliphatic rings. The van der Waals surface area contributed by atoms with E-state index in [1.54, 1.807) is 10.8 Å². The number of hydrogen-bond donors (Lipinski definition) is 1. The van der Waals surface area contributed by atoms with Gasteiger partial charge in [-0.3, -0.25) is 0 Å². The number of rotatable bonds is 2. The van der Waals surface area contributed by atoms with Crippen molar-refractivity contribution in [3.63, 3.8) is 0 Å². The van der Waals surface area contributed by atoms with Gasteiger partial charge in [-0.05, 0) is 28.8 Å². The lowest BCUT2D eigenvalue weighted by Gasteiger charge is -2.08. The normalized spacial score (nSPS) is 15.1. The van der Waals surface area contributed by atoms with Crippen molar-refractivity contribution in [3.8, 4) is 11.6 Å².